The van der Waals surface area contributed by atoms with Gasteiger partial charge in [-0.2, -0.15) is 0 Å². The van der Waals surface area contributed by atoms with Crippen molar-refractivity contribution in [3.63, 3.8) is 0 Å². The minimum Gasteiger partial charge on any atom is -0.310 e. The molecular formula is C13H20N2. The fraction of sp³-hybridized carbons (Fsp3) is 0.615. The van der Waals surface area contributed by atoms with E-state index in [1.165, 1.54) is 30.4 Å². The van der Waals surface area contributed by atoms with E-state index in [2.05, 4.69) is 30.2 Å². The fourth-order valence-electron chi connectivity index (χ4n) is 2.06. The van der Waals surface area contributed by atoms with E-state index in [1.54, 1.807) is 0 Å². The molecule has 0 saturated heterocycles. The molecule has 0 aromatic carbocycles. The van der Waals surface area contributed by atoms with E-state index in [0.29, 0.717) is 6.04 Å². The molecule has 0 bridgehead atoms. The predicted molar refractivity (Wildman–Crippen MR) is 62.7 cm³/mol. The number of nitrogens with one attached hydrogen (secondary N) is 1. The number of aromatic nitrogens is 1. The Labute approximate surface area is 92.1 Å². The van der Waals surface area contributed by atoms with Crippen LogP contribution in [0.25, 0.3) is 0 Å². The Hall–Kier alpha value is -0.890. The van der Waals surface area contributed by atoms with Crippen LogP contribution in [0.2, 0.25) is 0 Å². The van der Waals surface area contributed by atoms with Crippen LogP contribution in [0.1, 0.15) is 43.4 Å². The van der Waals surface area contributed by atoms with Gasteiger partial charge in [-0.15, -0.1) is 0 Å². The van der Waals surface area contributed by atoms with Crippen LogP contribution in [0.5, 0.6) is 0 Å². The van der Waals surface area contributed by atoms with Gasteiger partial charge in [-0.25, -0.2) is 0 Å². The summed E-state index contributed by atoms with van der Waals surface area (Å²) in [7, 11) is 0. The Kier molecular flexibility index (Phi) is 3.37. The first kappa shape index (κ1) is 10.6. The van der Waals surface area contributed by atoms with Crippen LogP contribution in [-0.2, 0) is 0 Å². The van der Waals surface area contributed by atoms with Crippen LogP contribution in [0.4, 0.5) is 0 Å². The van der Waals surface area contributed by atoms with Gasteiger partial charge in [0, 0.05) is 18.4 Å². The monoisotopic (exact) mass is 204 g/mol. The first-order valence-electron chi connectivity index (χ1n) is 5.96. The van der Waals surface area contributed by atoms with Crippen LogP contribution in [0.15, 0.2) is 18.5 Å². The molecule has 1 fully saturated rings. The average Bonchev–Trinajstić information content (AvgIpc) is 3.05. The second-order valence-electron chi connectivity index (χ2n) is 4.50. The van der Waals surface area contributed by atoms with E-state index < -0.39 is 0 Å². The van der Waals surface area contributed by atoms with Crippen LogP contribution >= 0.6 is 0 Å². The van der Waals surface area contributed by atoms with Crippen LogP contribution in [0.3, 0.4) is 0 Å². The third-order valence-electron chi connectivity index (χ3n) is 3.12. The molecule has 0 radical (unpaired) electrons. The largest absolute Gasteiger partial charge is 0.310 e. The maximum Gasteiger partial charge on any atom is 0.0366 e. The summed E-state index contributed by atoms with van der Waals surface area (Å²) in [5, 5.41) is 3.65. The molecule has 1 saturated carbocycles. The van der Waals surface area contributed by atoms with E-state index in [4.69, 9.17) is 0 Å². The molecule has 1 aliphatic rings. The lowest BCUT2D eigenvalue weighted by Gasteiger charge is -2.19. The van der Waals surface area contributed by atoms with Crippen molar-refractivity contribution in [2.45, 2.75) is 39.2 Å². The summed E-state index contributed by atoms with van der Waals surface area (Å²) in [6.07, 6.45) is 7.84. The lowest BCUT2D eigenvalue weighted by atomic mass is 10.00. The second-order valence-corrected chi connectivity index (χ2v) is 4.50. The molecular weight excluding hydrogens is 184 g/mol. The molecule has 2 nitrogen and oxygen atoms in total. The van der Waals surface area contributed by atoms with Crippen molar-refractivity contribution >= 4 is 0 Å². The number of hydrogen-bond acceptors (Lipinski definition) is 2. The molecule has 0 spiro atoms. The Bertz CT molecular complexity index is 318. The van der Waals surface area contributed by atoms with Crippen molar-refractivity contribution in [1.82, 2.24) is 10.3 Å². The zero-order chi connectivity index (χ0) is 10.7. The molecule has 1 aliphatic carbocycles. The summed E-state index contributed by atoms with van der Waals surface area (Å²) in [6.45, 7) is 5.50. The number of rotatable bonds is 5. The van der Waals surface area contributed by atoms with Crippen molar-refractivity contribution < 1.29 is 0 Å². The lowest BCUT2D eigenvalue weighted by Crippen LogP contribution is -2.24. The number of nitrogens with zero attached hydrogens (tertiary/aromatic N) is 1. The van der Waals surface area contributed by atoms with Gasteiger partial charge in [-0.1, -0.05) is 6.92 Å². The van der Waals surface area contributed by atoms with Crippen LogP contribution in [-0.4, -0.2) is 11.5 Å². The standard InChI is InChI=1S/C13H20N2/c1-3-7-15-13(11-4-5-11)12-9-14-8-6-10(12)2/h6,8-9,11,13,15H,3-5,7H2,1-2H3. The molecule has 1 aromatic heterocycles. The lowest BCUT2D eigenvalue weighted by molar-refractivity contribution is 0.478. The minimum atomic E-state index is 0.540. The normalized spacial score (nSPS) is 17.7. The van der Waals surface area contributed by atoms with Gasteiger partial charge in [0.1, 0.15) is 0 Å². The summed E-state index contributed by atoms with van der Waals surface area (Å²) >= 11 is 0. The van der Waals surface area contributed by atoms with Gasteiger partial charge >= 0.3 is 0 Å². The van der Waals surface area contributed by atoms with Crippen LogP contribution in [0, 0.1) is 12.8 Å². The first-order chi connectivity index (χ1) is 7.33. The van der Waals surface area contributed by atoms with E-state index in [1.807, 2.05) is 12.4 Å². The average molecular weight is 204 g/mol. The summed E-state index contributed by atoms with van der Waals surface area (Å²) in [5.41, 5.74) is 2.76. The zero-order valence-electron chi connectivity index (χ0n) is 9.66. The van der Waals surface area contributed by atoms with Gasteiger partial charge in [0.15, 0.2) is 0 Å². The van der Waals surface area contributed by atoms with Crippen LogP contribution < -0.4 is 5.32 Å². The molecule has 15 heavy (non-hydrogen) atoms. The van der Waals surface area contributed by atoms with Gasteiger partial charge in [-0.3, -0.25) is 4.98 Å². The summed E-state index contributed by atoms with van der Waals surface area (Å²) < 4.78 is 0. The maximum absolute atomic E-state index is 4.24. The van der Waals surface area contributed by atoms with E-state index in [-0.39, 0.29) is 0 Å². The topological polar surface area (TPSA) is 24.9 Å². The molecule has 0 amide bonds. The highest BCUT2D eigenvalue weighted by molar-refractivity contribution is 5.26. The highest BCUT2D eigenvalue weighted by atomic mass is 14.9. The molecule has 1 heterocycles. The minimum absolute atomic E-state index is 0.540. The van der Waals surface area contributed by atoms with Crippen molar-refractivity contribution in [3.8, 4) is 0 Å². The van der Waals surface area contributed by atoms with Gasteiger partial charge < -0.3 is 5.32 Å². The molecule has 0 aliphatic heterocycles. The second kappa shape index (κ2) is 4.75. The summed E-state index contributed by atoms with van der Waals surface area (Å²) in [6, 6.07) is 2.65. The van der Waals surface area contributed by atoms with Crippen molar-refractivity contribution in [3.05, 3.63) is 29.6 Å². The highest BCUT2D eigenvalue weighted by Gasteiger charge is 2.32. The Morgan fingerprint density at radius 1 is 1.53 bits per heavy atom. The van der Waals surface area contributed by atoms with Gasteiger partial charge in [0.2, 0.25) is 0 Å². The highest BCUT2D eigenvalue weighted by Crippen LogP contribution is 2.41. The van der Waals surface area contributed by atoms with Gasteiger partial charge in [-0.05, 0) is 55.8 Å². The first-order valence-corrected chi connectivity index (χ1v) is 5.96. The van der Waals surface area contributed by atoms with E-state index in [0.717, 1.165) is 12.5 Å². The summed E-state index contributed by atoms with van der Waals surface area (Å²) in [5.74, 6) is 0.847. The SMILES string of the molecule is CCCNC(c1cnccc1C)C1CC1. The van der Waals surface area contributed by atoms with Crippen molar-refractivity contribution in [2.24, 2.45) is 5.92 Å². The third-order valence-corrected chi connectivity index (χ3v) is 3.12. The van der Waals surface area contributed by atoms with E-state index in [9.17, 15) is 0 Å². The Morgan fingerprint density at radius 2 is 2.33 bits per heavy atom. The van der Waals surface area contributed by atoms with Crippen molar-refractivity contribution in [1.29, 1.82) is 0 Å². The predicted octanol–water partition coefficient (Wildman–Crippen LogP) is 2.84. The molecule has 1 N–H and O–H groups in total. The number of hydrogen-bond donors (Lipinski definition) is 1. The zero-order valence-corrected chi connectivity index (χ0v) is 9.66. The number of pyridine rings is 1. The fourth-order valence-corrected chi connectivity index (χ4v) is 2.06. The van der Waals surface area contributed by atoms with Gasteiger partial charge in [0.25, 0.3) is 0 Å². The Balaban J connectivity index is 2.13. The maximum atomic E-state index is 4.24. The summed E-state index contributed by atoms with van der Waals surface area (Å²) in [4.78, 5) is 4.24. The smallest absolute Gasteiger partial charge is 0.0366 e. The van der Waals surface area contributed by atoms with Crippen molar-refractivity contribution in [2.75, 3.05) is 6.54 Å². The third kappa shape index (κ3) is 2.57. The molecule has 2 rings (SSSR count). The molecule has 1 aromatic rings. The molecule has 82 valence electrons. The quantitative estimate of drug-likeness (QED) is 0.797. The van der Waals surface area contributed by atoms with E-state index >= 15 is 0 Å². The molecule has 1 unspecified atom stereocenters. The number of aryl methyl sites for hydroxylation is 1. The van der Waals surface area contributed by atoms with Gasteiger partial charge in [0.05, 0.1) is 0 Å². The Morgan fingerprint density at radius 3 is 2.93 bits per heavy atom. The molecule has 2 heteroatoms. The molecule has 1 atom stereocenters.